The predicted molar refractivity (Wildman–Crippen MR) is 180 cm³/mol. The highest BCUT2D eigenvalue weighted by molar-refractivity contribution is 5.99. The summed E-state index contributed by atoms with van der Waals surface area (Å²) in [7, 11) is 0. The Morgan fingerprint density at radius 1 is 0.826 bits per heavy atom. The van der Waals surface area contributed by atoms with Gasteiger partial charge in [-0.2, -0.15) is 0 Å². The minimum Gasteiger partial charge on any atom is -0.491 e. The first-order valence-corrected chi connectivity index (χ1v) is 16.1. The molecule has 3 rings (SSSR count). The van der Waals surface area contributed by atoms with Gasteiger partial charge in [0.2, 0.25) is 5.91 Å². The largest absolute Gasteiger partial charge is 0.491 e. The van der Waals surface area contributed by atoms with E-state index in [9.17, 15) is 14.4 Å². The average molecular weight is 633 g/mol. The second kappa shape index (κ2) is 19.7. The van der Waals surface area contributed by atoms with Crippen LogP contribution >= 0.6 is 0 Å². The van der Waals surface area contributed by atoms with Gasteiger partial charge in [0.25, 0.3) is 0 Å². The van der Waals surface area contributed by atoms with Gasteiger partial charge in [-0.25, -0.2) is 9.59 Å². The number of esters is 1. The zero-order chi connectivity index (χ0) is 33.1. The maximum absolute atomic E-state index is 13.6. The fourth-order valence-corrected chi connectivity index (χ4v) is 4.59. The van der Waals surface area contributed by atoms with Gasteiger partial charge in [-0.3, -0.25) is 4.79 Å². The van der Waals surface area contributed by atoms with Crippen LogP contribution in [0.5, 0.6) is 11.5 Å². The second-order valence-electron chi connectivity index (χ2n) is 10.7. The summed E-state index contributed by atoms with van der Waals surface area (Å²) in [4.78, 5) is 41.1. The standard InChI is InChI=1S/C36H48N4O6/c1-5-9-22-44-33-25-29(35(42)45-23-21-40(7-3)8-4)17-20-31(33)38-34(41)32(39-36(43)37-6-2)24-27-15-18-30(19-16-27)46-26-28-13-11-10-12-14-28/h10-20,25,32H,5-9,21-24,26H2,1-4H3,(H,38,41)(H2,37,39,43)/t32-/m1/s1. The highest BCUT2D eigenvalue weighted by atomic mass is 16.5. The van der Waals surface area contributed by atoms with E-state index in [-0.39, 0.29) is 13.0 Å². The number of hydrogen-bond acceptors (Lipinski definition) is 7. The van der Waals surface area contributed by atoms with Crippen LogP contribution in [0.15, 0.2) is 72.8 Å². The van der Waals surface area contributed by atoms with Gasteiger partial charge in [0.1, 0.15) is 30.8 Å². The topological polar surface area (TPSA) is 118 Å². The maximum atomic E-state index is 13.6. The zero-order valence-corrected chi connectivity index (χ0v) is 27.5. The van der Waals surface area contributed by atoms with Crippen LogP contribution in [0.2, 0.25) is 0 Å². The number of carbonyl (C=O) groups excluding carboxylic acids is 3. The molecule has 0 aromatic heterocycles. The number of rotatable bonds is 19. The van der Waals surface area contributed by atoms with Crippen molar-refractivity contribution in [2.75, 3.05) is 44.7 Å². The lowest BCUT2D eigenvalue weighted by molar-refractivity contribution is -0.117. The normalized spacial score (nSPS) is 11.4. The van der Waals surface area contributed by atoms with Crippen molar-refractivity contribution in [3.05, 3.63) is 89.5 Å². The number of carbonyl (C=O) groups is 3. The number of anilines is 1. The Balaban J connectivity index is 1.73. The van der Waals surface area contributed by atoms with E-state index < -0.39 is 23.9 Å². The highest BCUT2D eigenvalue weighted by Crippen LogP contribution is 2.27. The minimum absolute atomic E-state index is 0.241. The number of hydrogen-bond donors (Lipinski definition) is 3. The molecule has 10 heteroatoms. The molecule has 0 bridgehead atoms. The van der Waals surface area contributed by atoms with Crippen molar-refractivity contribution in [1.82, 2.24) is 15.5 Å². The van der Waals surface area contributed by atoms with E-state index >= 15 is 0 Å². The Labute approximate surface area is 272 Å². The molecule has 0 unspecified atom stereocenters. The number of urea groups is 1. The van der Waals surface area contributed by atoms with E-state index in [0.717, 1.165) is 37.1 Å². The lowest BCUT2D eigenvalue weighted by Gasteiger charge is -2.21. The van der Waals surface area contributed by atoms with Crippen LogP contribution < -0.4 is 25.4 Å². The van der Waals surface area contributed by atoms with Crippen molar-refractivity contribution in [1.29, 1.82) is 0 Å². The molecular formula is C36H48N4O6. The number of unbranched alkanes of at least 4 members (excludes halogenated alkanes) is 1. The molecule has 3 N–H and O–H groups in total. The molecule has 0 radical (unpaired) electrons. The third-order valence-electron chi connectivity index (χ3n) is 7.34. The van der Waals surface area contributed by atoms with Crippen LogP contribution in [-0.2, 0) is 22.6 Å². The lowest BCUT2D eigenvalue weighted by atomic mass is 10.0. The molecule has 1 atom stereocenters. The third kappa shape index (κ3) is 12.1. The van der Waals surface area contributed by atoms with Gasteiger partial charge in [-0.05, 0) is 67.9 Å². The lowest BCUT2D eigenvalue weighted by Crippen LogP contribution is -2.49. The van der Waals surface area contributed by atoms with Gasteiger partial charge >= 0.3 is 12.0 Å². The second-order valence-corrected chi connectivity index (χ2v) is 10.7. The van der Waals surface area contributed by atoms with E-state index in [1.165, 1.54) is 0 Å². The van der Waals surface area contributed by atoms with Gasteiger partial charge in [0.05, 0.1) is 17.9 Å². The monoisotopic (exact) mass is 632 g/mol. The molecule has 3 aromatic rings. The molecule has 0 saturated carbocycles. The molecule has 0 fully saturated rings. The molecule has 0 saturated heterocycles. The fraction of sp³-hybridized carbons (Fsp3) is 0.417. The van der Waals surface area contributed by atoms with Crippen LogP contribution in [0.4, 0.5) is 10.5 Å². The van der Waals surface area contributed by atoms with Gasteiger partial charge < -0.3 is 35.1 Å². The van der Waals surface area contributed by atoms with E-state index in [2.05, 4.69) is 41.6 Å². The van der Waals surface area contributed by atoms with Crippen LogP contribution in [0.25, 0.3) is 0 Å². The summed E-state index contributed by atoms with van der Waals surface area (Å²) in [6.07, 6.45) is 1.96. The molecular weight excluding hydrogens is 584 g/mol. The van der Waals surface area contributed by atoms with Crippen LogP contribution in [0.1, 0.15) is 62.0 Å². The fourth-order valence-electron chi connectivity index (χ4n) is 4.59. The van der Waals surface area contributed by atoms with Crippen molar-refractivity contribution in [2.45, 2.75) is 59.6 Å². The Morgan fingerprint density at radius 2 is 1.57 bits per heavy atom. The third-order valence-corrected chi connectivity index (χ3v) is 7.34. The minimum atomic E-state index is -0.893. The van der Waals surface area contributed by atoms with Crippen molar-refractivity contribution in [3.8, 4) is 11.5 Å². The number of ether oxygens (including phenoxy) is 3. The summed E-state index contributed by atoms with van der Waals surface area (Å²) in [5.74, 6) is 0.172. The quantitative estimate of drug-likeness (QED) is 0.113. The molecule has 3 amide bonds. The number of nitrogens with one attached hydrogen (secondary N) is 3. The van der Waals surface area contributed by atoms with Crippen molar-refractivity contribution in [2.24, 2.45) is 0 Å². The molecule has 46 heavy (non-hydrogen) atoms. The summed E-state index contributed by atoms with van der Waals surface area (Å²) in [6, 6.07) is 20.8. The SMILES string of the molecule is CCCCOc1cc(C(=O)OCCN(CC)CC)ccc1NC(=O)[C@@H](Cc1ccc(OCc2ccccc2)cc1)NC(=O)NCC. The molecule has 248 valence electrons. The summed E-state index contributed by atoms with van der Waals surface area (Å²) < 4.78 is 17.4. The van der Waals surface area contributed by atoms with Crippen molar-refractivity contribution >= 4 is 23.6 Å². The Hall–Kier alpha value is -4.57. The van der Waals surface area contributed by atoms with Crippen LogP contribution in [0, 0.1) is 0 Å². The van der Waals surface area contributed by atoms with E-state index in [0.29, 0.717) is 49.1 Å². The molecule has 0 aliphatic rings. The average Bonchev–Trinajstić information content (AvgIpc) is 3.07. The number of benzene rings is 3. The zero-order valence-electron chi connectivity index (χ0n) is 27.5. The Bertz CT molecular complexity index is 1360. The highest BCUT2D eigenvalue weighted by Gasteiger charge is 2.23. The smallest absolute Gasteiger partial charge is 0.338 e. The van der Waals surface area contributed by atoms with E-state index in [1.807, 2.05) is 54.6 Å². The summed E-state index contributed by atoms with van der Waals surface area (Å²) in [5, 5.41) is 8.37. The van der Waals surface area contributed by atoms with E-state index in [4.69, 9.17) is 14.2 Å². The number of likely N-dealkylation sites (N-methyl/N-ethyl adjacent to an activating group) is 1. The number of nitrogens with zero attached hydrogens (tertiary/aromatic N) is 1. The van der Waals surface area contributed by atoms with Gasteiger partial charge in [-0.15, -0.1) is 0 Å². The van der Waals surface area contributed by atoms with Crippen molar-refractivity contribution < 1.29 is 28.6 Å². The molecule has 0 spiro atoms. The Kier molecular flexibility index (Phi) is 15.4. The number of amides is 3. The maximum Gasteiger partial charge on any atom is 0.338 e. The molecule has 10 nitrogen and oxygen atoms in total. The molecule has 3 aromatic carbocycles. The predicted octanol–water partition coefficient (Wildman–Crippen LogP) is 5.81. The van der Waals surface area contributed by atoms with Gasteiger partial charge in [0.15, 0.2) is 0 Å². The Morgan fingerprint density at radius 3 is 2.24 bits per heavy atom. The summed E-state index contributed by atoms with van der Waals surface area (Å²) in [5.41, 5.74) is 2.63. The van der Waals surface area contributed by atoms with Crippen LogP contribution in [0.3, 0.4) is 0 Å². The first kappa shape index (κ1) is 35.9. The molecule has 0 aliphatic heterocycles. The van der Waals surface area contributed by atoms with E-state index in [1.54, 1.807) is 25.1 Å². The van der Waals surface area contributed by atoms with Crippen LogP contribution in [-0.4, -0.2) is 68.2 Å². The molecule has 0 aliphatic carbocycles. The van der Waals surface area contributed by atoms with Gasteiger partial charge in [-0.1, -0.05) is 69.7 Å². The molecule has 0 heterocycles. The summed E-state index contributed by atoms with van der Waals surface area (Å²) >= 11 is 0. The first-order valence-electron chi connectivity index (χ1n) is 16.1. The van der Waals surface area contributed by atoms with Gasteiger partial charge in [0, 0.05) is 19.5 Å². The first-order chi connectivity index (χ1) is 22.4. The summed E-state index contributed by atoms with van der Waals surface area (Å²) in [6.45, 7) is 11.9. The van der Waals surface area contributed by atoms with Crippen molar-refractivity contribution in [3.63, 3.8) is 0 Å².